The molecule has 7 heteroatoms. The zero-order valence-corrected chi connectivity index (χ0v) is 13.3. The summed E-state index contributed by atoms with van der Waals surface area (Å²) >= 11 is 3.13. The summed E-state index contributed by atoms with van der Waals surface area (Å²) in [4.78, 5) is 21.7. The zero-order valence-electron chi connectivity index (χ0n) is 11.6. The number of thiophene rings is 1. The van der Waals surface area contributed by atoms with Crippen LogP contribution in [0.3, 0.4) is 0 Å². The molecule has 0 aromatic carbocycles. The molecule has 0 bridgehead atoms. The third-order valence-corrected chi connectivity index (χ3v) is 5.42. The summed E-state index contributed by atoms with van der Waals surface area (Å²) in [7, 11) is 0. The lowest BCUT2D eigenvalue weighted by Crippen LogP contribution is -2.12. The number of nitrogens with two attached hydrogens (primary N) is 1. The molecule has 2 heterocycles. The highest BCUT2D eigenvalue weighted by molar-refractivity contribution is 7.98. The van der Waals surface area contributed by atoms with Gasteiger partial charge in [0, 0.05) is 10.6 Å². The second-order valence-corrected chi connectivity index (χ2v) is 6.98. The number of aryl methyl sites for hydroxylation is 2. The van der Waals surface area contributed by atoms with Gasteiger partial charge in [0.15, 0.2) is 0 Å². The van der Waals surface area contributed by atoms with Crippen molar-refractivity contribution in [3.8, 4) is 0 Å². The van der Waals surface area contributed by atoms with Crippen LogP contribution in [0.15, 0.2) is 0 Å². The quantitative estimate of drug-likeness (QED) is 0.882. The van der Waals surface area contributed by atoms with Crippen molar-refractivity contribution in [3.63, 3.8) is 0 Å². The molecule has 0 aliphatic rings. The van der Waals surface area contributed by atoms with Crippen molar-refractivity contribution in [1.29, 1.82) is 0 Å². The van der Waals surface area contributed by atoms with E-state index in [9.17, 15) is 4.79 Å². The van der Waals surface area contributed by atoms with E-state index >= 15 is 0 Å². The second-order valence-electron chi connectivity index (χ2n) is 4.74. The number of aromatic nitrogens is 2. The van der Waals surface area contributed by atoms with Gasteiger partial charge in [-0.05, 0) is 19.4 Å². The summed E-state index contributed by atoms with van der Waals surface area (Å²) in [5.74, 6) is 1.15. The molecular formula is C13H17N3O2S2. The number of hydrogen-bond donors (Lipinski definition) is 2. The van der Waals surface area contributed by atoms with E-state index in [1.54, 1.807) is 18.3 Å². The second kappa shape index (κ2) is 5.97. The Labute approximate surface area is 125 Å². The number of anilines is 1. The lowest BCUT2D eigenvalue weighted by atomic mass is 10.2. The van der Waals surface area contributed by atoms with Crippen molar-refractivity contribution < 1.29 is 9.90 Å². The van der Waals surface area contributed by atoms with E-state index in [1.807, 2.05) is 13.8 Å². The van der Waals surface area contributed by atoms with Crippen LogP contribution >= 0.6 is 23.1 Å². The number of carbonyl (C=O) groups is 1. The molecule has 0 saturated heterocycles. The number of fused-ring (bicyclic) bond motifs is 1. The molecule has 2 aromatic heterocycles. The van der Waals surface area contributed by atoms with Crippen LogP contribution in [0.5, 0.6) is 0 Å². The molecule has 0 aliphatic carbocycles. The van der Waals surface area contributed by atoms with E-state index in [4.69, 9.17) is 10.8 Å². The summed E-state index contributed by atoms with van der Waals surface area (Å²) < 4.78 is 0. The molecule has 0 amide bonds. The van der Waals surface area contributed by atoms with Crippen LogP contribution in [0.1, 0.15) is 23.2 Å². The van der Waals surface area contributed by atoms with E-state index in [0.29, 0.717) is 23.1 Å². The Morgan fingerprint density at radius 3 is 2.80 bits per heavy atom. The first kappa shape index (κ1) is 15.1. The van der Waals surface area contributed by atoms with Gasteiger partial charge >= 0.3 is 5.97 Å². The SMILES string of the molecule is Cc1sc2nc(CSCC(C)C(=O)O)nc(N)c2c1C. The van der Waals surface area contributed by atoms with Crippen LogP contribution in [0, 0.1) is 19.8 Å². The smallest absolute Gasteiger partial charge is 0.307 e. The monoisotopic (exact) mass is 311 g/mol. The lowest BCUT2D eigenvalue weighted by Gasteiger charge is -2.06. The molecule has 0 aliphatic heterocycles. The van der Waals surface area contributed by atoms with E-state index in [0.717, 1.165) is 15.8 Å². The average Bonchev–Trinajstić information content (AvgIpc) is 2.65. The average molecular weight is 311 g/mol. The third-order valence-electron chi connectivity index (χ3n) is 3.12. The molecule has 0 saturated carbocycles. The Kier molecular flexibility index (Phi) is 4.49. The minimum absolute atomic E-state index is 0.368. The maximum absolute atomic E-state index is 10.7. The Bertz CT molecular complexity index is 655. The number of carboxylic acid groups (broad SMARTS) is 1. The zero-order chi connectivity index (χ0) is 14.9. The highest BCUT2D eigenvalue weighted by Crippen LogP contribution is 2.32. The van der Waals surface area contributed by atoms with E-state index in [1.165, 1.54) is 16.6 Å². The topological polar surface area (TPSA) is 89.1 Å². The maximum Gasteiger partial charge on any atom is 0.307 e. The Hall–Kier alpha value is -1.34. The predicted molar refractivity (Wildman–Crippen MR) is 84.3 cm³/mol. The highest BCUT2D eigenvalue weighted by atomic mass is 32.2. The van der Waals surface area contributed by atoms with Crippen LogP contribution in [0.25, 0.3) is 10.2 Å². The molecule has 0 fully saturated rings. The standard InChI is InChI=1S/C13H17N3O2S2/c1-6(13(17)18)4-19-5-9-15-11(14)10-7(2)8(3)20-12(10)16-9/h6H,4-5H2,1-3H3,(H,17,18)(H2,14,15,16). The molecule has 1 atom stereocenters. The Morgan fingerprint density at radius 2 is 2.15 bits per heavy atom. The van der Waals surface area contributed by atoms with Crippen molar-refractivity contribution >= 4 is 45.1 Å². The minimum Gasteiger partial charge on any atom is -0.481 e. The van der Waals surface area contributed by atoms with Crippen LogP contribution in [0.2, 0.25) is 0 Å². The number of rotatable bonds is 5. The molecular weight excluding hydrogens is 294 g/mol. The van der Waals surface area contributed by atoms with E-state index < -0.39 is 5.97 Å². The summed E-state index contributed by atoms with van der Waals surface area (Å²) in [5.41, 5.74) is 7.14. The van der Waals surface area contributed by atoms with Crippen molar-refractivity contribution in [2.24, 2.45) is 5.92 Å². The molecule has 20 heavy (non-hydrogen) atoms. The van der Waals surface area contributed by atoms with Crippen LogP contribution < -0.4 is 5.73 Å². The summed E-state index contributed by atoms with van der Waals surface area (Å²) in [5, 5.41) is 9.78. The predicted octanol–water partition coefficient (Wildman–Crippen LogP) is 2.84. The third kappa shape index (κ3) is 3.04. The van der Waals surface area contributed by atoms with Gasteiger partial charge in [0.1, 0.15) is 16.5 Å². The molecule has 2 aromatic rings. The molecule has 0 spiro atoms. The number of nitrogens with zero attached hydrogens (tertiary/aromatic N) is 2. The molecule has 5 nitrogen and oxygen atoms in total. The first-order valence-corrected chi connectivity index (χ1v) is 8.20. The molecule has 0 radical (unpaired) electrons. The van der Waals surface area contributed by atoms with Gasteiger partial charge in [0.25, 0.3) is 0 Å². The van der Waals surface area contributed by atoms with Crippen LogP contribution in [-0.2, 0) is 10.5 Å². The normalized spacial score (nSPS) is 12.8. The lowest BCUT2D eigenvalue weighted by molar-refractivity contribution is -0.140. The first-order valence-electron chi connectivity index (χ1n) is 6.22. The summed E-state index contributed by atoms with van der Waals surface area (Å²) in [6, 6.07) is 0. The fourth-order valence-corrected chi connectivity index (χ4v) is 3.77. The van der Waals surface area contributed by atoms with Crippen molar-refractivity contribution in [3.05, 3.63) is 16.3 Å². The van der Waals surface area contributed by atoms with Gasteiger partial charge in [0.2, 0.25) is 0 Å². The number of nitrogen functional groups attached to an aromatic ring is 1. The van der Waals surface area contributed by atoms with Gasteiger partial charge in [-0.2, -0.15) is 11.8 Å². The molecule has 3 N–H and O–H groups in total. The van der Waals surface area contributed by atoms with Gasteiger partial charge in [-0.3, -0.25) is 4.79 Å². The van der Waals surface area contributed by atoms with Gasteiger partial charge in [0.05, 0.1) is 17.1 Å². The van der Waals surface area contributed by atoms with Gasteiger partial charge in [-0.15, -0.1) is 11.3 Å². The molecule has 108 valence electrons. The minimum atomic E-state index is -0.780. The largest absolute Gasteiger partial charge is 0.481 e. The van der Waals surface area contributed by atoms with Gasteiger partial charge in [-0.25, -0.2) is 9.97 Å². The fraction of sp³-hybridized carbons (Fsp3) is 0.462. The number of carboxylic acids is 1. The maximum atomic E-state index is 10.7. The molecule has 1 unspecified atom stereocenters. The summed E-state index contributed by atoms with van der Waals surface area (Å²) in [6.45, 7) is 5.76. The van der Waals surface area contributed by atoms with Crippen LogP contribution in [0.4, 0.5) is 5.82 Å². The molecule has 2 rings (SSSR count). The number of hydrogen-bond acceptors (Lipinski definition) is 6. The summed E-state index contributed by atoms with van der Waals surface area (Å²) in [6.07, 6.45) is 0. The fourth-order valence-electron chi connectivity index (χ4n) is 1.79. The van der Waals surface area contributed by atoms with Gasteiger partial charge < -0.3 is 10.8 Å². The Balaban J connectivity index is 2.14. The van der Waals surface area contributed by atoms with E-state index in [-0.39, 0.29) is 5.92 Å². The Morgan fingerprint density at radius 1 is 1.45 bits per heavy atom. The first-order chi connectivity index (χ1) is 9.40. The van der Waals surface area contributed by atoms with Crippen molar-refractivity contribution in [2.45, 2.75) is 26.5 Å². The number of aliphatic carboxylic acids is 1. The van der Waals surface area contributed by atoms with Crippen molar-refractivity contribution in [1.82, 2.24) is 9.97 Å². The number of thioether (sulfide) groups is 1. The van der Waals surface area contributed by atoms with Crippen molar-refractivity contribution in [2.75, 3.05) is 11.5 Å². The van der Waals surface area contributed by atoms with Gasteiger partial charge in [-0.1, -0.05) is 6.92 Å². The van der Waals surface area contributed by atoms with Crippen LogP contribution in [-0.4, -0.2) is 26.8 Å². The highest BCUT2D eigenvalue weighted by Gasteiger charge is 2.14. The van der Waals surface area contributed by atoms with E-state index in [2.05, 4.69) is 9.97 Å².